The molecule has 0 atom stereocenters. The third kappa shape index (κ3) is 6.04. The second kappa shape index (κ2) is 8.38. The lowest BCUT2D eigenvalue weighted by Gasteiger charge is -2.09. The maximum Gasteiger partial charge on any atom is 0.276 e. The van der Waals surface area contributed by atoms with Crippen LogP contribution in [-0.2, 0) is 9.59 Å². The fourth-order valence-electron chi connectivity index (χ4n) is 1.56. The summed E-state index contributed by atoms with van der Waals surface area (Å²) in [6, 6.07) is 14.0. The molecule has 0 unspecified atom stereocenters. The highest BCUT2D eigenvalue weighted by Gasteiger charge is 2.06. The molecular formula is C16H15FN2O4. The predicted molar refractivity (Wildman–Crippen MR) is 80.1 cm³/mol. The summed E-state index contributed by atoms with van der Waals surface area (Å²) in [7, 11) is 0. The molecule has 0 fully saturated rings. The number of carbonyl (C=O) groups is 2. The van der Waals surface area contributed by atoms with Gasteiger partial charge in [-0.05, 0) is 36.4 Å². The molecule has 0 radical (unpaired) electrons. The molecule has 6 nitrogen and oxygen atoms in total. The van der Waals surface area contributed by atoms with Gasteiger partial charge in [-0.25, -0.2) is 4.39 Å². The standard InChI is InChI=1S/C16H15FN2O4/c17-12-6-8-14(9-7-12)23-11-16(21)19-18-15(20)10-22-13-4-2-1-3-5-13/h1-9H,10-11H2,(H,18,20)(H,19,21). The van der Waals surface area contributed by atoms with Gasteiger partial charge < -0.3 is 9.47 Å². The van der Waals surface area contributed by atoms with Crippen LogP contribution in [0.4, 0.5) is 4.39 Å². The molecule has 2 N–H and O–H groups in total. The van der Waals surface area contributed by atoms with Crippen LogP contribution in [0.1, 0.15) is 0 Å². The van der Waals surface area contributed by atoms with Crippen molar-refractivity contribution in [1.29, 1.82) is 0 Å². The van der Waals surface area contributed by atoms with E-state index in [0.29, 0.717) is 11.5 Å². The highest BCUT2D eigenvalue weighted by Crippen LogP contribution is 2.10. The van der Waals surface area contributed by atoms with Crippen LogP contribution in [0, 0.1) is 5.82 Å². The monoisotopic (exact) mass is 318 g/mol. The Bertz CT molecular complexity index is 647. The number of hydrogen-bond donors (Lipinski definition) is 2. The molecule has 120 valence electrons. The number of carbonyl (C=O) groups excluding carboxylic acids is 2. The molecule has 7 heteroatoms. The van der Waals surface area contributed by atoms with Crippen molar-refractivity contribution in [2.24, 2.45) is 0 Å². The molecule has 2 aromatic rings. The zero-order chi connectivity index (χ0) is 16.5. The fraction of sp³-hybridized carbons (Fsp3) is 0.125. The number of ether oxygens (including phenoxy) is 2. The SMILES string of the molecule is O=C(COc1ccccc1)NNC(=O)COc1ccc(F)cc1. The molecule has 0 saturated carbocycles. The summed E-state index contributed by atoms with van der Waals surface area (Å²) in [5.41, 5.74) is 4.38. The maximum atomic E-state index is 12.7. The van der Waals surface area contributed by atoms with E-state index in [1.807, 2.05) is 6.07 Å². The van der Waals surface area contributed by atoms with Gasteiger partial charge in [0.25, 0.3) is 11.8 Å². The normalized spacial score (nSPS) is 9.78. The molecule has 0 aromatic heterocycles. The first-order valence-electron chi connectivity index (χ1n) is 6.77. The smallest absolute Gasteiger partial charge is 0.276 e. The number of nitrogens with one attached hydrogen (secondary N) is 2. The van der Waals surface area contributed by atoms with Gasteiger partial charge in [-0.3, -0.25) is 20.4 Å². The average Bonchev–Trinajstić information content (AvgIpc) is 2.58. The Morgan fingerprint density at radius 2 is 1.26 bits per heavy atom. The minimum atomic E-state index is -0.553. The van der Waals surface area contributed by atoms with Gasteiger partial charge in [0.2, 0.25) is 0 Å². The van der Waals surface area contributed by atoms with Crippen molar-refractivity contribution in [1.82, 2.24) is 10.9 Å². The van der Waals surface area contributed by atoms with Crippen molar-refractivity contribution in [3.05, 3.63) is 60.4 Å². The van der Waals surface area contributed by atoms with Crippen molar-refractivity contribution < 1.29 is 23.5 Å². The highest BCUT2D eigenvalue weighted by atomic mass is 19.1. The summed E-state index contributed by atoms with van der Waals surface area (Å²) in [4.78, 5) is 23.0. The van der Waals surface area contributed by atoms with E-state index in [1.54, 1.807) is 24.3 Å². The number of para-hydroxylation sites is 1. The zero-order valence-electron chi connectivity index (χ0n) is 12.1. The maximum absolute atomic E-state index is 12.7. The minimum Gasteiger partial charge on any atom is -0.484 e. The molecule has 0 aliphatic rings. The molecule has 2 aromatic carbocycles. The average molecular weight is 318 g/mol. The Balaban J connectivity index is 1.63. The van der Waals surface area contributed by atoms with Gasteiger partial charge in [0, 0.05) is 0 Å². The van der Waals surface area contributed by atoms with E-state index in [2.05, 4.69) is 10.9 Å². The third-order valence-electron chi connectivity index (χ3n) is 2.64. The van der Waals surface area contributed by atoms with Crippen LogP contribution in [-0.4, -0.2) is 25.0 Å². The molecule has 0 aliphatic heterocycles. The van der Waals surface area contributed by atoms with Gasteiger partial charge in [0.15, 0.2) is 13.2 Å². The Morgan fingerprint density at radius 1 is 0.783 bits per heavy atom. The fourth-order valence-corrected chi connectivity index (χ4v) is 1.56. The number of hydrazine groups is 1. The third-order valence-corrected chi connectivity index (χ3v) is 2.64. The van der Waals surface area contributed by atoms with Gasteiger partial charge >= 0.3 is 0 Å². The van der Waals surface area contributed by atoms with E-state index in [-0.39, 0.29) is 13.2 Å². The van der Waals surface area contributed by atoms with E-state index < -0.39 is 17.6 Å². The Kier molecular flexibility index (Phi) is 5.93. The van der Waals surface area contributed by atoms with Crippen molar-refractivity contribution in [3.8, 4) is 11.5 Å². The van der Waals surface area contributed by atoms with Crippen LogP contribution >= 0.6 is 0 Å². The highest BCUT2D eigenvalue weighted by molar-refractivity contribution is 5.83. The first-order valence-corrected chi connectivity index (χ1v) is 6.77. The molecule has 0 bridgehead atoms. The van der Waals surface area contributed by atoms with Crippen molar-refractivity contribution in [2.45, 2.75) is 0 Å². The van der Waals surface area contributed by atoms with Crippen molar-refractivity contribution in [3.63, 3.8) is 0 Å². The largest absolute Gasteiger partial charge is 0.484 e. The Labute approximate surface area is 132 Å². The summed E-state index contributed by atoms with van der Waals surface area (Å²) in [6.07, 6.45) is 0. The van der Waals surface area contributed by atoms with Crippen LogP contribution < -0.4 is 20.3 Å². The Morgan fingerprint density at radius 3 is 1.78 bits per heavy atom. The number of benzene rings is 2. The van der Waals surface area contributed by atoms with E-state index >= 15 is 0 Å². The van der Waals surface area contributed by atoms with Gasteiger partial charge in [0.1, 0.15) is 17.3 Å². The molecule has 0 saturated heterocycles. The lowest BCUT2D eigenvalue weighted by atomic mass is 10.3. The summed E-state index contributed by atoms with van der Waals surface area (Å²) >= 11 is 0. The number of halogens is 1. The van der Waals surface area contributed by atoms with E-state index in [9.17, 15) is 14.0 Å². The van der Waals surface area contributed by atoms with Gasteiger partial charge in [-0.1, -0.05) is 18.2 Å². The van der Waals surface area contributed by atoms with E-state index in [4.69, 9.17) is 9.47 Å². The van der Waals surface area contributed by atoms with E-state index in [1.165, 1.54) is 24.3 Å². The molecular weight excluding hydrogens is 303 g/mol. The second-order valence-electron chi connectivity index (χ2n) is 4.44. The summed E-state index contributed by atoms with van der Waals surface area (Å²) < 4.78 is 23.0. The molecule has 23 heavy (non-hydrogen) atoms. The van der Waals surface area contributed by atoms with Crippen molar-refractivity contribution in [2.75, 3.05) is 13.2 Å². The number of amides is 2. The van der Waals surface area contributed by atoms with Crippen LogP contribution in [0.2, 0.25) is 0 Å². The lowest BCUT2D eigenvalue weighted by Crippen LogP contribution is -2.45. The van der Waals surface area contributed by atoms with Gasteiger partial charge in [-0.15, -0.1) is 0 Å². The lowest BCUT2D eigenvalue weighted by molar-refractivity contribution is -0.131. The first-order chi connectivity index (χ1) is 11.1. The van der Waals surface area contributed by atoms with Crippen LogP contribution in [0.25, 0.3) is 0 Å². The van der Waals surface area contributed by atoms with Crippen LogP contribution in [0.3, 0.4) is 0 Å². The zero-order valence-corrected chi connectivity index (χ0v) is 12.1. The molecule has 0 heterocycles. The molecule has 0 spiro atoms. The molecule has 0 aliphatic carbocycles. The summed E-state index contributed by atoms with van der Waals surface area (Å²) in [5, 5.41) is 0. The quantitative estimate of drug-likeness (QED) is 0.790. The number of rotatable bonds is 6. The summed E-state index contributed by atoms with van der Waals surface area (Å²) in [6.45, 7) is -0.547. The Hall–Kier alpha value is -3.09. The first kappa shape index (κ1) is 16.3. The van der Waals surface area contributed by atoms with Gasteiger partial charge in [-0.2, -0.15) is 0 Å². The number of hydrogen-bond acceptors (Lipinski definition) is 4. The molecule has 2 rings (SSSR count). The van der Waals surface area contributed by atoms with Crippen LogP contribution in [0.15, 0.2) is 54.6 Å². The molecule has 2 amide bonds. The minimum absolute atomic E-state index is 0.233. The second-order valence-corrected chi connectivity index (χ2v) is 4.44. The topological polar surface area (TPSA) is 76.7 Å². The van der Waals surface area contributed by atoms with E-state index in [0.717, 1.165) is 0 Å². The van der Waals surface area contributed by atoms with Crippen LogP contribution in [0.5, 0.6) is 11.5 Å². The summed E-state index contributed by atoms with van der Waals surface area (Å²) in [5.74, 6) is -0.562. The van der Waals surface area contributed by atoms with Gasteiger partial charge in [0.05, 0.1) is 0 Å². The predicted octanol–water partition coefficient (Wildman–Crippen LogP) is 1.43. The van der Waals surface area contributed by atoms with Crippen molar-refractivity contribution >= 4 is 11.8 Å².